The molecule has 2 rings (SSSR count). The normalized spacial score (nSPS) is 10.8. The Bertz CT molecular complexity index is 527. The number of nitrogens with two attached hydrogens (primary N) is 1. The van der Waals surface area contributed by atoms with E-state index in [9.17, 15) is 0 Å². The van der Waals surface area contributed by atoms with Gasteiger partial charge >= 0.3 is 0 Å². The van der Waals surface area contributed by atoms with Crippen molar-refractivity contribution in [2.45, 2.75) is 13.3 Å². The highest BCUT2D eigenvalue weighted by Crippen LogP contribution is 2.30. The maximum atomic E-state index is 8.93. The molecule has 0 saturated heterocycles. The van der Waals surface area contributed by atoms with E-state index in [2.05, 4.69) is 16.8 Å². The molecule has 0 unspecified atom stereocenters. The SMILES string of the molecule is CCN(CCCO)c1ccc2cnccc2c1N. The molecule has 0 fully saturated rings. The standard InChI is InChI=1S/C14H19N3O/c1-2-17(8-3-9-18)13-5-4-11-10-16-7-6-12(11)14(13)15/h4-7,10,18H,2-3,8-9,15H2,1H3. The van der Waals surface area contributed by atoms with Crippen molar-refractivity contribution in [1.29, 1.82) is 0 Å². The fourth-order valence-electron chi connectivity index (χ4n) is 2.17. The molecule has 0 spiro atoms. The number of rotatable bonds is 5. The van der Waals surface area contributed by atoms with Crippen molar-refractivity contribution in [3.05, 3.63) is 30.6 Å². The zero-order valence-corrected chi connectivity index (χ0v) is 10.6. The van der Waals surface area contributed by atoms with E-state index >= 15 is 0 Å². The molecule has 0 atom stereocenters. The molecule has 0 radical (unpaired) electrons. The van der Waals surface area contributed by atoms with Gasteiger partial charge in [-0.3, -0.25) is 4.98 Å². The van der Waals surface area contributed by atoms with Crippen LogP contribution in [0.25, 0.3) is 10.8 Å². The van der Waals surface area contributed by atoms with Crippen LogP contribution in [0.3, 0.4) is 0 Å². The van der Waals surface area contributed by atoms with Gasteiger partial charge in [-0.2, -0.15) is 0 Å². The Hall–Kier alpha value is -1.81. The number of hydrogen-bond donors (Lipinski definition) is 2. The summed E-state index contributed by atoms with van der Waals surface area (Å²) in [5.41, 5.74) is 8.05. The van der Waals surface area contributed by atoms with E-state index in [1.165, 1.54) is 0 Å². The van der Waals surface area contributed by atoms with Gasteiger partial charge in [0.1, 0.15) is 0 Å². The van der Waals surface area contributed by atoms with Gasteiger partial charge in [0.2, 0.25) is 0 Å². The Morgan fingerprint density at radius 1 is 1.33 bits per heavy atom. The molecule has 0 amide bonds. The average molecular weight is 245 g/mol. The summed E-state index contributed by atoms with van der Waals surface area (Å²) in [6.07, 6.45) is 4.33. The van der Waals surface area contributed by atoms with Crippen LogP contribution >= 0.6 is 0 Å². The lowest BCUT2D eigenvalue weighted by atomic mass is 10.1. The van der Waals surface area contributed by atoms with E-state index in [1.54, 1.807) is 6.20 Å². The summed E-state index contributed by atoms with van der Waals surface area (Å²) in [6, 6.07) is 6.00. The lowest BCUT2D eigenvalue weighted by Gasteiger charge is -2.25. The quantitative estimate of drug-likeness (QED) is 0.791. The highest BCUT2D eigenvalue weighted by atomic mass is 16.3. The number of nitrogens with zero attached hydrogens (tertiary/aromatic N) is 2. The maximum Gasteiger partial charge on any atom is 0.0632 e. The van der Waals surface area contributed by atoms with E-state index in [-0.39, 0.29) is 6.61 Å². The lowest BCUT2D eigenvalue weighted by Crippen LogP contribution is -2.25. The molecular weight excluding hydrogens is 226 g/mol. The first-order valence-electron chi connectivity index (χ1n) is 6.26. The molecule has 4 nitrogen and oxygen atoms in total. The van der Waals surface area contributed by atoms with Crippen LogP contribution in [0.1, 0.15) is 13.3 Å². The number of nitrogen functional groups attached to an aromatic ring is 1. The van der Waals surface area contributed by atoms with Crippen molar-refractivity contribution in [3.8, 4) is 0 Å². The molecule has 0 saturated carbocycles. The summed E-state index contributed by atoms with van der Waals surface area (Å²) in [5, 5.41) is 11.0. The van der Waals surface area contributed by atoms with Gasteiger partial charge in [0.15, 0.2) is 0 Å². The molecule has 1 aromatic heterocycles. The number of fused-ring (bicyclic) bond motifs is 1. The molecule has 18 heavy (non-hydrogen) atoms. The maximum absolute atomic E-state index is 8.93. The summed E-state index contributed by atoms with van der Waals surface area (Å²) >= 11 is 0. The molecular formula is C14H19N3O. The van der Waals surface area contributed by atoms with Crippen molar-refractivity contribution >= 4 is 22.1 Å². The first kappa shape index (κ1) is 12.6. The molecule has 3 N–H and O–H groups in total. The van der Waals surface area contributed by atoms with Crippen molar-refractivity contribution in [2.75, 3.05) is 30.3 Å². The molecule has 96 valence electrons. The van der Waals surface area contributed by atoms with E-state index < -0.39 is 0 Å². The van der Waals surface area contributed by atoms with E-state index in [0.29, 0.717) is 0 Å². The highest BCUT2D eigenvalue weighted by Gasteiger charge is 2.10. The molecule has 1 aromatic carbocycles. The molecule has 0 aliphatic rings. The first-order valence-corrected chi connectivity index (χ1v) is 6.26. The van der Waals surface area contributed by atoms with Gasteiger partial charge in [0, 0.05) is 42.9 Å². The van der Waals surface area contributed by atoms with Crippen molar-refractivity contribution in [1.82, 2.24) is 4.98 Å². The third kappa shape index (κ3) is 2.38. The second-order valence-corrected chi connectivity index (χ2v) is 4.25. The van der Waals surface area contributed by atoms with Crippen molar-refractivity contribution in [2.24, 2.45) is 0 Å². The summed E-state index contributed by atoms with van der Waals surface area (Å²) in [6.45, 7) is 3.98. The van der Waals surface area contributed by atoms with Gasteiger partial charge in [-0.1, -0.05) is 6.07 Å². The second kappa shape index (κ2) is 5.69. The van der Waals surface area contributed by atoms with Crippen molar-refractivity contribution < 1.29 is 5.11 Å². The minimum atomic E-state index is 0.202. The summed E-state index contributed by atoms with van der Waals surface area (Å²) in [5.74, 6) is 0. The van der Waals surface area contributed by atoms with Gasteiger partial charge in [0.05, 0.1) is 11.4 Å². The fourth-order valence-corrected chi connectivity index (χ4v) is 2.17. The van der Waals surface area contributed by atoms with Gasteiger partial charge in [-0.25, -0.2) is 0 Å². The smallest absolute Gasteiger partial charge is 0.0632 e. The van der Waals surface area contributed by atoms with Gasteiger partial charge < -0.3 is 15.7 Å². The summed E-state index contributed by atoms with van der Waals surface area (Å²) < 4.78 is 0. The van der Waals surface area contributed by atoms with Crippen LogP contribution in [0.2, 0.25) is 0 Å². The zero-order valence-electron chi connectivity index (χ0n) is 10.6. The molecule has 4 heteroatoms. The Kier molecular flexibility index (Phi) is 3.99. The summed E-state index contributed by atoms with van der Waals surface area (Å²) in [7, 11) is 0. The van der Waals surface area contributed by atoms with Gasteiger partial charge in [0.25, 0.3) is 0 Å². The van der Waals surface area contributed by atoms with E-state index in [0.717, 1.165) is 41.7 Å². The first-order chi connectivity index (χ1) is 8.77. The van der Waals surface area contributed by atoms with Crippen molar-refractivity contribution in [3.63, 3.8) is 0 Å². The van der Waals surface area contributed by atoms with Crippen LogP contribution in [0.5, 0.6) is 0 Å². The van der Waals surface area contributed by atoms with E-state index in [1.807, 2.05) is 24.4 Å². The largest absolute Gasteiger partial charge is 0.397 e. The predicted octanol–water partition coefficient (Wildman–Crippen LogP) is 2.03. The molecule has 1 heterocycles. The second-order valence-electron chi connectivity index (χ2n) is 4.25. The monoisotopic (exact) mass is 245 g/mol. The Morgan fingerprint density at radius 3 is 2.89 bits per heavy atom. The molecule has 0 aliphatic carbocycles. The van der Waals surface area contributed by atoms with Crippen LogP contribution in [0.15, 0.2) is 30.6 Å². The van der Waals surface area contributed by atoms with Crippen LogP contribution in [0, 0.1) is 0 Å². The highest BCUT2D eigenvalue weighted by molar-refractivity contribution is 5.98. The van der Waals surface area contributed by atoms with Gasteiger partial charge in [-0.15, -0.1) is 0 Å². The lowest BCUT2D eigenvalue weighted by molar-refractivity contribution is 0.289. The van der Waals surface area contributed by atoms with E-state index in [4.69, 9.17) is 10.8 Å². The van der Waals surface area contributed by atoms with Crippen LogP contribution in [-0.4, -0.2) is 29.8 Å². The Balaban J connectivity index is 2.40. The third-order valence-electron chi connectivity index (χ3n) is 3.15. The Morgan fingerprint density at radius 2 is 2.17 bits per heavy atom. The van der Waals surface area contributed by atoms with Crippen LogP contribution < -0.4 is 10.6 Å². The average Bonchev–Trinajstić information content (AvgIpc) is 2.42. The molecule has 0 aliphatic heterocycles. The topological polar surface area (TPSA) is 62.4 Å². The number of aliphatic hydroxyl groups is 1. The predicted molar refractivity (Wildman–Crippen MR) is 75.7 cm³/mol. The summed E-state index contributed by atoms with van der Waals surface area (Å²) in [4.78, 5) is 6.28. The number of pyridine rings is 1. The van der Waals surface area contributed by atoms with Crippen LogP contribution in [0.4, 0.5) is 11.4 Å². The number of aliphatic hydroxyl groups excluding tert-OH is 1. The minimum Gasteiger partial charge on any atom is -0.397 e. The number of benzene rings is 1. The fraction of sp³-hybridized carbons (Fsp3) is 0.357. The number of anilines is 2. The number of aromatic nitrogens is 1. The van der Waals surface area contributed by atoms with Crippen LogP contribution in [-0.2, 0) is 0 Å². The molecule has 0 bridgehead atoms. The molecule has 2 aromatic rings. The zero-order chi connectivity index (χ0) is 13.0. The van der Waals surface area contributed by atoms with Gasteiger partial charge in [-0.05, 0) is 25.5 Å². The minimum absolute atomic E-state index is 0.202. The number of hydrogen-bond acceptors (Lipinski definition) is 4. The third-order valence-corrected chi connectivity index (χ3v) is 3.15. The Labute approximate surface area is 107 Å².